The molecule has 0 bridgehead atoms. The molecule has 2 nitrogen and oxygen atoms in total. The summed E-state index contributed by atoms with van der Waals surface area (Å²) >= 11 is 0. The summed E-state index contributed by atoms with van der Waals surface area (Å²) in [6, 6.07) is 8.69. The molecule has 1 aromatic rings. The quantitative estimate of drug-likeness (QED) is 0.836. The lowest BCUT2D eigenvalue weighted by Crippen LogP contribution is -2.31. The molecule has 1 aromatic carbocycles. The Morgan fingerprint density at radius 2 is 2.00 bits per heavy atom. The third kappa shape index (κ3) is 3.47. The lowest BCUT2D eigenvalue weighted by Gasteiger charge is -2.36. The fourth-order valence-corrected chi connectivity index (χ4v) is 2.76. The zero-order chi connectivity index (χ0) is 12.3. The van der Waals surface area contributed by atoms with Crippen LogP contribution in [0.15, 0.2) is 24.3 Å². The van der Waals surface area contributed by atoms with Crippen LogP contribution in [0.3, 0.4) is 0 Å². The SMILES string of the molecule is CC1(C)CCCC(Nc2ccc(CO)cc2)C1. The van der Waals surface area contributed by atoms with Crippen LogP contribution < -0.4 is 5.32 Å². The lowest BCUT2D eigenvalue weighted by molar-refractivity contribution is 0.229. The zero-order valence-corrected chi connectivity index (χ0v) is 10.9. The van der Waals surface area contributed by atoms with Crippen molar-refractivity contribution < 1.29 is 5.11 Å². The Hall–Kier alpha value is -1.02. The second-order valence-electron chi connectivity index (χ2n) is 5.96. The van der Waals surface area contributed by atoms with E-state index >= 15 is 0 Å². The normalized spacial score (nSPS) is 23.4. The Morgan fingerprint density at radius 3 is 2.59 bits per heavy atom. The Bertz CT molecular complexity index is 356. The van der Waals surface area contributed by atoms with E-state index in [-0.39, 0.29) is 6.61 Å². The number of nitrogens with one attached hydrogen (secondary N) is 1. The molecule has 0 heterocycles. The number of anilines is 1. The molecule has 0 aromatic heterocycles. The topological polar surface area (TPSA) is 32.3 Å². The van der Waals surface area contributed by atoms with E-state index in [4.69, 9.17) is 5.11 Å². The Balaban J connectivity index is 1.95. The summed E-state index contributed by atoms with van der Waals surface area (Å²) in [5, 5.41) is 12.6. The molecule has 0 spiro atoms. The monoisotopic (exact) mass is 233 g/mol. The molecule has 0 radical (unpaired) electrons. The molecule has 0 aliphatic heterocycles. The summed E-state index contributed by atoms with van der Waals surface area (Å²) in [6.45, 7) is 4.84. The van der Waals surface area contributed by atoms with Crippen LogP contribution in [-0.4, -0.2) is 11.1 Å². The minimum absolute atomic E-state index is 0.122. The molecule has 1 aliphatic carbocycles. The molecule has 94 valence electrons. The maximum absolute atomic E-state index is 9.00. The first-order valence-electron chi connectivity index (χ1n) is 6.55. The predicted molar refractivity (Wildman–Crippen MR) is 72.0 cm³/mol. The van der Waals surface area contributed by atoms with Gasteiger partial charge in [0.2, 0.25) is 0 Å². The summed E-state index contributed by atoms with van der Waals surface area (Å²) < 4.78 is 0. The maximum Gasteiger partial charge on any atom is 0.0681 e. The number of benzene rings is 1. The lowest BCUT2D eigenvalue weighted by atomic mass is 9.75. The highest BCUT2D eigenvalue weighted by molar-refractivity contribution is 5.45. The van der Waals surface area contributed by atoms with Gasteiger partial charge in [0.25, 0.3) is 0 Å². The second-order valence-corrected chi connectivity index (χ2v) is 5.96. The first kappa shape index (κ1) is 12.4. The maximum atomic E-state index is 9.00. The third-order valence-corrected chi connectivity index (χ3v) is 3.71. The van der Waals surface area contributed by atoms with Crippen molar-refractivity contribution >= 4 is 5.69 Å². The van der Waals surface area contributed by atoms with Gasteiger partial charge in [-0.3, -0.25) is 0 Å². The van der Waals surface area contributed by atoms with Crippen LogP contribution in [0.25, 0.3) is 0 Å². The average Bonchev–Trinajstić information content (AvgIpc) is 2.29. The molecule has 1 aliphatic rings. The van der Waals surface area contributed by atoms with Crippen LogP contribution in [0.1, 0.15) is 45.1 Å². The van der Waals surface area contributed by atoms with Crippen LogP contribution in [0, 0.1) is 5.41 Å². The molecule has 1 fully saturated rings. The number of aliphatic hydroxyl groups is 1. The van der Waals surface area contributed by atoms with Crippen LogP contribution in [0.5, 0.6) is 0 Å². The highest BCUT2D eigenvalue weighted by Crippen LogP contribution is 2.36. The first-order valence-corrected chi connectivity index (χ1v) is 6.55. The Morgan fingerprint density at radius 1 is 1.29 bits per heavy atom. The average molecular weight is 233 g/mol. The van der Waals surface area contributed by atoms with Crippen molar-refractivity contribution in [1.29, 1.82) is 0 Å². The van der Waals surface area contributed by atoms with E-state index in [1.54, 1.807) is 0 Å². The molecule has 1 unspecified atom stereocenters. The van der Waals surface area contributed by atoms with E-state index in [1.165, 1.54) is 31.4 Å². The van der Waals surface area contributed by atoms with Gasteiger partial charge in [0.1, 0.15) is 0 Å². The van der Waals surface area contributed by atoms with E-state index in [2.05, 4.69) is 31.3 Å². The molecule has 17 heavy (non-hydrogen) atoms. The minimum atomic E-state index is 0.122. The van der Waals surface area contributed by atoms with Crippen LogP contribution >= 0.6 is 0 Å². The summed E-state index contributed by atoms with van der Waals surface area (Å²) in [5.41, 5.74) is 2.62. The van der Waals surface area contributed by atoms with E-state index in [0.717, 1.165) is 5.56 Å². The number of hydrogen-bond acceptors (Lipinski definition) is 2. The highest BCUT2D eigenvalue weighted by atomic mass is 16.3. The number of hydrogen-bond donors (Lipinski definition) is 2. The number of rotatable bonds is 3. The third-order valence-electron chi connectivity index (χ3n) is 3.71. The van der Waals surface area contributed by atoms with Gasteiger partial charge in [-0.05, 0) is 42.4 Å². The van der Waals surface area contributed by atoms with Gasteiger partial charge in [-0.15, -0.1) is 0 Å². The van der Waals surface area contributed by atoms with Crippen molar-refractivity contribution in [3.05, 3.63) is 29.8 Å². The van der Waals surface area contributed by atoms with E-state index < -0.39 is 0 Å². The first-order chi connectivity index (χ1) is 8.09. The van der Waals surface area contributed by atoms with Gasteiger partial charge >= 0.3 is 0 Å². The summed E-state index contributed by atoms with van der Waals surface area (Å²) in [7, 11) is 0. The van der Waals surface area contributed by atoms with Crippen molar-refractivity contribution in [2.75, 3.05) is 5.32 Å². The molecule has 1 saturated carbocycles. The molecule has 2 rings (SSSR count). The molecular formula is C15H23NO. The minimum Gasteiger partial charge on any atom is -0.392 e. The highest BCUT2D eigenvalue weighted by Gasteiger charge is 2.27. The standard InChI is InChI=1S/C15H23NO/c1-15(2)9-3-4-14(10-15)16-13-7-5-12(11-17)6-8-13/h5-8,14,16-17H,3-4,9-11H2,1-2H3. The van der Waals surface area contributed by atoms with E-state index in [0.29, 0.717) is 11.5 Å². The van der Waals surface area contributed by atoms with Gasteiger partial charge in [0.05, 0.1) is 6.61 Å². The summed E-state index contributed by atoms with van der Waals surface area (Å²) in [4.78, 5) is 0. The van der Waals surface area contributed by atoms with Crippen molar-refractivity contribution in [1.82, 2.24) is 0 Å². The summed E-state index contributed by atoms with van der Waals surface area (Å²) in [6.07, 6.45) is 5.17. The fourth-order valence-electron chi connectivity index (χ4n) is 2.76. The van der Waals surface area contributed by atoms with Crippen LogP contribution in [0.2, 0.25) is 0 Å². The van der Waals surface area contributed by atoms with Gasteiger partial charge in [0, 0.05) is 11.7 Å². The zero-order valence-electron chi connectivity index (χ0n) is 10.9. The number of aliphatic hydroxyl groups excluding tert-OH is 1. The van der Waals surface area contributed by atoms with Crippen molar-refractivity contribution in [3.8, 4) is 0 Å². The predicted octanol–water partition coefficient (Wildman–Crippen LogP) is 3.56. The van der Waals surface area contributed by atoms with Gasteiger partial charge < -0.3 is 10.4 Å². The molecule has 2 heteroatoms. The fraction of sp³-hybridized carbons (Fsp3) is 0.600. The van der Waals surface area contributed by atoms with Crippen molar-refractivity contribution in [3.63, 3.8) is 0 Å². The largest absolute Gasteiger partial charge is 0.392 e. The van der Waals surface area contributed by atoms with Crippen molar-refractivity contribution in [2.45, 2.75) is 52.2 Å². The Labute approximate surface area is 104 Å². The second kappa shape index (κ2) is 5.09. The summed E-state index contributed by atoms with van der Waals surface area (Å²) in [5.74, 6) is 0. The van der Waals surface area contributed by atoms with Crippen LogP contribution in [-0.2, 0) is 6.61 Å². The molecule has 0 saturated heterocycles. The van der Waals surface area contributed by atoms with E-state index in [1.807, 2.05) is 12.1 Å². The van der Waals surface area contributed by atoms with Gasteiger partial charge in [-0.2, -0.15) is 0 Å². The molecule has 1 atom stereocenters. The van der Waals surface area contributed by atoms with E-state index in [9.17, 15) is 0 Å². The van der Waals surface area contributed by atoms with Gasteiger partial charge in [-0.25, -0.2) is 0 Å². The molecule has 0 amide bonds. The molecular weight excluding hydrogens is 210 g/mol. The molecule has 2 N–H and O–H groups in total. The smallest absolute Gasteiger partial charge is 0.0681 e. The van der Waals surface area contributed by atoms with Gasteiger partial charge in [-0.1, -0.05) is 32.4 Å². The van der Waals surface area contributed by atoms with Crippen molar-refractivity contribution in [2.24, 2.45) is 5.41 Å². The van der Waals surface area contributed by atoms with Gasteiger partial charge in [0.15, 0.2) is 0 Å². The Kier molecular flexibility index (Phi) is 3.72. The van der Waals surface area contributed by atoms with Crippen LogP contribution in [0.4, 0.5) is 5.69 Å².